The maximum Gasteiger partial charge on any atom is 0.229 e. The van der Waals surface area contributed by atoms with Crippen molar-refractivity contribution in [3.05, 3.63) is 48.0 Å². The molecule has 0 bridgehead atoms. The number of hydrogen-bond donors (Lipinski definition) is 0. The Hall–Kier alpha value is -2.01. The van der Waals surface area contributed by atoms with E-state index in [1.807, 2.05) is 24.4 Å². The van der Waals surface area contributed by atoms with Crippen molar-refractivity contribution in [2.75, 3.05) is 0 Å². The molecule has 0 N–H and O–H groups in total. The lowest BCUT2D eigenvalue weighted by Crippen LogP contribution is -2.11. The summed E-state index contributed by atoms with van der Waals surface area (Å²) in [6, 6.07) is 7.88. The van der Waals surface area contributed by atoms with Gasteiger partial charge in [-0.1, -0.05) is 6.07 Å². The van der Waals surface area contributed by atoms with E-state index in [1.54, 1.807) is 18.5 Å². The van der Waals surface area contributed by atoms with E-state index < -0.39 is 9.04 Å². The zero-order valence-electron chi connectivity index (χ0n) is 12.1. The number of nitrogens with zero attached hydrogens (tertiary/aromatic N) is 3. The molecule has 1 heterocycles. The van der Waals surface area contributed by atoms with Crippen LogP contribution in [-0.4, -0.2) is 25.2 Å². The molecule has 0 atom stereocenters. The third-order valence-electron chi connectivity index (χ3n) is 2.60. The van der Waals surface area contributed by atoms with Crippen molar-refractivity contribution in [1.29, 1.82) is 0 Å². The molecule has 0 saturated heterocycles. The second-order valence-corrected chi connectivity index (χ2v) is 7.15. The number of aromatic nitrogens is 2. The molecule has 0 aliphatic carbocycles. The van der Waals surface area contributed by atoms with Crippen molar-refractivity contribution in [1.82, 2.24) is 9.97 Å². The lowest BCUT2D eigenvalue weighted by Gasteiger charge is -2.12. The molecule has 4 nitrogen and oxygen atoms in total. The minimum Gasteiger partial charge on any atom is -0.546 e. The fraction of sp³-hybridized carbons (Fsp3) is 0.267. The SMILES string of the molecule is Cc1ccc(N=CCc2ncccn2)c(O[SiH](C)C)c1. The highest BCUT2D eigenvalue weighted by Crippen LogP contribution is 2.28. The van der Waals surface area contributed by atoms with Gasteiger partial charge in [0, 0.05) is 25.0 Å². The minimum atomic E-state index is -1.14. The standard InChI is InChI=1S/C15H19N3OSi/c1-12-5-6-13(14(11-12)19-20(2)3)16-10-7-15-17-8-4-9-18-15/h4-6,8-11,20H,7H2,1-3H3. The first kappa shape index (κ1) is 14.4. The monoisotopic (exact) mass is 285 g/mol. The van der Waals surface area contributed by atoms with Crippen LogP contribution in [-0.2, 0) is 6.42 Å². The van der Waals surface area contributed by atoms with Crippen molar-refractivity contribution < 1.29 is 4.43 Å². The lowest BCUT2D eigenvalue weighted by molar-refractivity contribution is 0.581. The Bertz CT molecular complexity index is 585. The van der Waals surface area contributed by atoms with Crippen LogP contribution in [0.15, 0.2) is 41.7 Å². The third-order valence-corrected chi connectivity index (χ3v) is 3.33. The molecule has 20 heavy (non-hydrogen) atoms. The molecule has 2 rings (SSSR count). The summed E-state index contributed by atoms with van der Waals surface area (Å²) in [5, 5.41) is 0. The highest BCUT2D eigenvalue weighted by molar-refractivity contribution is 6.49. The number of aliphatic imine (C=N–C) groups is 1. The van der Waals surface area contributed by atoms with Gasteiger partial charge in [-0.25, -0.2) is 9.97 Å². The van der Waals surface area contributed by atoms with Crippen molar-refractivity contribution in [2.24, 2.45) is 4.99 Å². The van der Waals surface area contributed by atoms with Gasteiger partial charge in [-0.3, -0.25) is 4.99 Å². The van der Waals surface area contributed by atoms with E-state index in [0.717, 1.165) is 17.3 Å². The number of aryl methyl sites for hydroxylation is 1. The van der Waals surface area contributed by atoms with Crippen LogP contribution in [0.1, 0.15) is 11.4 Å². The topological polar surface area (TPSA) is 47.4 Å². The first-order valence-electron chi connectivity index (χ1n) is 6.71. The van der Waals surface area contributed by atoms with Gasteiger partial charge in [0.1, 0.15) is 17.3 Å². The van der Waals surface area contributed by atoms with Gasteiger partial charge in [0.05, 0.1) is 0 Å². The van der Waals surface area contributed by atoms with E-state index in [1.165, 1.54) is 5.56 Å². The third kappa shape index (κ3) is 4.27. The molecule has 0 aliphatic rings. The number of hydrogen-bond acceptors (Lipinski definition) is 4. The molecular weight excluding hydrogens is 266 g/mol. The molecule has 1 aromatic carbocycles. The van der Waals surface area contributed by atoms with Crippen molar-refractivity contribution >= 4 is 20.9 Å². The molecule has 0 unspecified atom stereocenters. The first-order chi connectivity index (χ1) is 9.65. The average Bonchev–Trinajstić information content (AvgIpc) is 2.42. The summed E-state index contributed by atoms with van der Waals surface area (Å²) >= 11 is 0. The van der Waals surface area contributed by atoms with Crippen LogP contribution in [0.3, 0.4) is 0 Å². The molecular formula is C15H19N3OSi. The van der Waals surface area contributed by atoms with Crippen LogP contribution in [0.5, 0.6) is 5.75 Å². The van der Waals surface area contributed by atoms with Crippen molar-refractivity contribution in [3.63, 3.8) is 0 Å². The highest BCUT2D eigenvalue weighted by Gasteiger charge is 2.05. The van der Waals surface area contributed by atoms with Gasteiger partial charge in [-0.05, 0) is 43.8 Å². The predicted octanol–water partition coefficient (Wildman–Crippen LogP) is 3.09. The largest absolute Gasteiger partial charge is 0.546 e. The number of rotatable bonds is 5. The Balaban J connectivity index is 2.12. The Morgan fingerprint density at radius 1 is 1.25 bits per heavy atom. The van der Waals surface area contributed by atoms with E-state index >= 15 is 0 Å². The molecule has 0 spiro atoms. The summed E-state index contributed by atoms with van der Waals surface area (Å²) in [5.74, 6) is 1.64. The molecule has 1 aromatic heterocycles. The molecule has 0 saturated carbocycles. The first-order valence-corrected chi connectivity index (χ1v) is 9.49. The summed E-state index contributed by atoms with van der Waals surface area (Å²) in [6.45, 7) is 6.35. The van der Waals surface area contributed by atoms with Gasteiger partial charge < -0.3 is 4.43 Å². The molecule has 0 aliphatic heterocycles. The molecule has 2 aromatic rings. The number of benzene rings is 1. The van der Waals surface area contributed by atoms with Crippen molar-refractivity contribution in [3.8, 4) is 5.75 Å². The Morgan fingerprint density at radius 2 is 2.00 bits per heavy atom. The predicted molar refractivity (Wildman–Crippen MR) is 84.6 cm³/mol. The Morgan fingerprint density at radius 3 is 2.70 bits per heavy atom. The summed E-state index contributed by atoms with van der Waals surface area (Å²) < 4.78 is 5.92. The summed E-state index contributed by atoms with van der Waals surface area (Å²) in [5.41, 5.74) is 2.05. The fourth-order valence-electron chi connectivity index (χ4n) is 1.74. The molecule has 104 valence electrons. The fourth-order valence-corrected chi connectivity index (χ4v) is 2.43. The molecule has 0 amide bonds. The Kier molecular flexibility index (Phi) is 5.01. The van der Waals surface area contributed by atoms with Crippen LogP contribution in [0.25, 0.3) is 0 Å². The highest BCUT2D eigenvalue weighted by atomic mass is 28.3. The normalized spacial score (nSPS) is 11.2. The second kappa shape index (κ2) is 6.95. The van der Waals surface area contributed by atoms with Crippen LogP contribution in [0.4, 0.5) is 5.69 Å². The lowest BCUT2D eigenvalue weighted by atomic mass is 10.2. The Labute approximate surface area is 121 Å². The van der Waals surface area contributed by atoms with E-state index in [-0.39, 0.29) is 0 Å². The van der Waals surface area contributed by atoms with Crippen LogP contribution < -0.4 is 4.43 Å². The van der Waals surface area contributed by atoms with Crippen LogP contribution in [0.2, 0.25) is 13.1 Å². The minimum absolute atomic E-state index is 0.618. The summed E-state index contributed by atoms with van der Waals surface area (Å²) in [6.07, 6.45) is 5.92. The van der Waals surface area contributed by atoms with E-state index in [0.29, 0.717) is 6.42 Å². The van der Waals surface area contributed by atoms with Gasteiger partial charge in [0.15, 0.2) is 0 Å². The van der Waals surface area contributed by atoms with E-state index in [4.69, 9.17) is 4.43 Å². The molecule has 0 fully saturated rings. The molecule has 5 heteroatoms. The maximum atomic E-state index is 5.92. The van der Waals surface area contributed by atoms with E-state index in [9.17, 15) is 0 Å². The average molecular weight is 285 g/mol. The molecule has 0 radical (unpaired) electrons. The van der Waals surface area contributed by atoms with Crippen LogP contribution >= 0.6 is 0 Å². The zero-order chi connectivity index (χ0) is 14.4. The van der Waals surface area contributed by atoms with Gasteiger partial charge in [0.2, 0.25) is 9.04 Å². The van der Waals surface area contributed by atoms with Gasteiger partial charge >= 0.3 is 0 Å². The quantitative estimate of drug-likeness (QED) is 0.626. The van der Waals surface area contributed by atoms with Crippen molar-refractivity contribution in [2.45, 2.75) is 26.4 Å². The summed E-state index contributed by atoms with van der Waals surface area (Å²) in [7, 11) is -1.14. The second-order valence-electron chi connectivity index (χ2n) is 4.82. The maximum absolute atomic E-state index is 5.92. The smallest absolute Gasteiger partial charge is 0.229 e. The van der Waals surface area contributed by atoms with Gasteiger partial charge in [0.25, 0.3) is 0 Å². The summed E-state index contributed by atoms with van der Waals surface area (Å²) in [4.78, 5) is 12.8. The zero-order valence-corrected chi connectivity index (χ0v) is 13.2. The van der Waals surface area contributed by atoms with Gasteiger partial charge in [-0.15, -0.1) is 0 Å². The van der Waals surface area contributed by atoms with E-state index in [2.05, 4.69) is 35.0 Å². The van der Waals surface area contributed by atoms with Crippen LogP contribution in [0, 0.1) is 6.92 Å². The van der Waals surface area contributed by atoms with Gasteiger partial charge in [-0.2, -0.15) is 0 Å².